The van der Waals surface area contributed by atoms with Crippen molar-refractivity contribution < 1.29 is 4.39 Å². The van der Waals surface area contributed by atoms with Crippen LogP contribution in [-0.4, -0.2) is 12.3 Å². The summed E-state index contributed by atoms with van der Waals surface area (Å²) < 4.78 is 14.9. The van der Waals surface area contributed by atoms with Crippen LogP contribution >= 0.6 is 27.7 Å². The second kappa shape index (κ2) is 7.97. The minimum atomic E-state index is -0.138. The molecule has 0 bridgehead atoms. The molecular formula is C17H19BrFNS. The van der Waals surface area contributed by atoms with Crippen molar-refractivity contribution in [2.75, 3.05) is 12.3 Å². The summed E-state index contributed by atoms with van der Waals surface area (Å²) in [4.78, 5) is 1.20. The van der Waals surface area contributed by atoms with E-state index in [0.717, 1.165) is 22.3 Å². The Morgan fingerprint density at radius 2 is 2.00 bits per heavy atom. The van der Waals surface area contributed by atoms with Crippen LogP contribution in [0.25, 0.3) is 0 Å². The zero-order valence-corrected chi connectivity index (χ0v) is 14.6. The number of halogens is 2. The number of thioether (sulfide) groups is 1. The molecule has 112 valence electrons. The van der Waals surface area contributed by atoms with Gasteiger partial charge in [-0.3, -0.25) is 0 Å². The standard InChI is InChI=1S/C17H19BrFNS/c1-3-20-16(13-9-8-12(2)15(19)10-13)11-21-17-7-5-4-6-14(17)18/h4-10,16,20H,3,11H2,1-2H3. The number of aryl methyl sites for hydroxylation is 1. The normalized spacial score (nSPS) is 12.4. The fourth-order valence-corrected chi connectivity index (χ4v) is 3.75. The number of benzene rings is 2. The fourth-order valence-electron chi connectivity index (χ4n) is 2.08. The summed E-state index contributed by atoms with van der Waals surface area (Å²) in [6, 6.07) is 13.8. The van der Waals surface area contributed by atoms with E-state index >= 15 is 0 Å². The molecule has 0 spiro atoms. The van der Waals surface area contributed by atoms with E-state index in [1.54, 1.807) is 24.8 Å². The largest absolute Gasteiger partial charge is 0.309 e. The van der Waals surface area contributed by atoms with Gasteiger partial charge in [-0.25, -0.2) is 4.39 Å². The maximum Gasteiger partial charge on any atom is 0.126 e. The first-order valence-corrected chi connectivity index (χ1v) is 8.76. The summed E-state index contributed by atoms with van der Waals surface area (Å²) in [5.41, 5.74) is 1.69. The molecule has 2 aromatic rings. The molecule has 0 aliphatic carbocycles. The van der Waals surface area contributed by atoms with Gasteiger partial charge in [-0.2, -0.15) is 0 Å². The quantitative estimate of drug-likeness (QED) is 0.691. The molecule has 0 radical (unpaired) electrons. The first-order chi connectivity index (χ1) is 10.1. The van der Waals surface area contributed by atoms with E-state index in [4.69, 9.17) is 0 Å². The molecule has 2 aromatic carbocycles. The minimum Gasteiger partial charge on any atom is -0.309 e. The highest BCUT2D eigenvalue weighted by Gasteiger charge is 2.13. The first-order valence-electron chi connectivity index (χ1n) is 6.98. The van der Waals surface area contributed by atoms with Crippen LogP contribution in [0.5, 0.6) is 0 Å². The molecule has 21 heavy (non-hydrogen) atoms. The van der Waals surface area contributed by atoms with Gasteiger partial charge < -0.3 is 5.32 Å². The molecule has 0 saturated carbocycles. The highest BCUT2D eigenvalue weighted by molar-refractivity contribution is 9.10. The van der Waals surface area contributed by atoms with Crippen LogP contribution < -0.4 is 5.32 Å². The average Bonchev–Trinajstić information content (AvgIpc) is 2.48. The lowest BCUT2D eigenvalue weighted by atomic mass is 10.1. The predicted octanol–water partition coefficient (Wildman–Crippen LogP) is 5.34. The van der Waals surface area contributed by atoms with Gasteiger partial charge in [-0.1, -0.05) is 31.2 Å². The third-order valence-electron chi connectivity index (χ3n) is 3.29. The fraction of sp³-hybridized carbons (Fsp3) is 0.294. The third-order valence-corrected chi connectivity index (χ3v) is 5.41. The molecule has 1 nitrogen and oxygen atoms in total. The van der Waals surface area contributed by atoms with Gasteiger partial charge in [0.1, 0.15) is 5.82 Å². The second-order valence-corrected chi connectivity index (χ2v) is 6.78. The van der Waals surface area contributed by atoms with Gasteiger partial charge >= 0.3 is 0 Å². The van der Waals surface area contributed by atoms with Crippen LogP contribution in [0, 0.1) is 12.7 Å². The Morgan fingerprint density at radius 1 is 1.24 bits per heavy atom. The minimum absolute atomic E-state index is 0.138. The molecule has 2 rings (SSSR count). The molecule has 1 unspecified atom stereocenters. The summed E-state index contributed by atoms with van der Waals surface area (Å²) >= 11 is 5.33. The highest BCUT2D eigenvalue weighted by atomic mass is 79.9. The Balaban J connectivity index is 2.12. The maximum absolute atomic E-state index is 13.8. The molecular weight excluding hydrogens is 349 g/mol. The zero-order chi connectivity index (χ0) is 15.2. The van der Waals surface area contributed by atoms with Crippen molar-refractivity contribution in [1.29, 1.82) is 0 Å². The molecule has 0 fully saturated rings. The lowest BCUT2D eigenvalue weighted by Crippen LogP contribution is -2.23. The van der Waals surface area contributed by atoms with E-state index in [2.05, 4.69) is 34.2 Å². The van der Waals surface area contributed by atoms with Crippen molar-refractivity contribution >= 4 is 27.7 Å². The van der Waals surface area contributed by atoms with Crippen molar-refractivity contribution in [3.63, 3.8) is 0 Å². The van der Waals surface area contributed by atoms with Crippen LogP contribution in [0.1, 0.15) is 24.1 Å². The summed E-state index contributed by atoms with van der Waals surface area (Å²) in [6.07, 6.45) is 0. The average molecular weight is 368 g/mol. The van der Waals surface area contributed by atoms with E-state index < -0.39 is 0 Å². The zero-order valence-electron chi connectivity index (χ0n) is 12.2. The van der Waals surface area contributed by atoms with E-state index in [-0.39, 0.29) is 11.9 Å². The molecule has 0 aliphatic rings. The summed E-state index contributed by atoms with van der Waals surface area (Å²) in [5, 5.41) is 3.43. The van der Waals surface area contributed by atoms with Crippen molar-refractivity contribution in [2.24, 2.45) is 0 Å². The maximum atomic E-state index is 13.8. The van der Waals surface area contributed by atoms with Crippen molar-refractivity contribution in [2.45, 2.75) is 24.8 Å². The van der Waals surface area contributed by atoms with Gasteiger partial charge in [-0.05, 0) is 58.7 Å². The molecule has 0 aromatic heterocycles. The number of hydrogen-bond acceptors (Lipinski definition) is 2. The van der Waals surface area contributed by atoms with Gasteiger partial charge in [0.15, 0.2) is 0 Å². The Morgan fingerprint density at radius 3 is 2.67 bits per heavy atom. The van der Waals surface area contributed by atoms with Gasteiger partial charge in [0.2, 0.25) is 0 Å². The molecule has 0 amide bonds. The SMILES string of the molecule is CCNC(CSc1ccccc1Br)c1ccc(C)c(F)c1. The van der Waals surface area contributed by atoms with Crippen molar-refractivity contribution in [1.82, 2.24) is 5.32 Å². The summed E-state index contributed by atoms with van der Waals surface area (Å²) in [6.45, 7) is 4.72. The second-order valence-electron chi connectivity index (χ2n) is 4.86. The van der Waals surface area contributed by atoms with E-state index in [1.165, 1.54) is 4.90 Å². The Bertz CT molecular complexity index is 603. The molecule has 0 heterocycles. The van der Waals surface area contributed by atoms with E-state index in [1.807, 2.05) is 30.3 Å². The van der Waals surface area contributed by atoms with Crippen LogP contribution in [0.15, 0.2) is 51.8 Å². The Labute approximate surface area is 138 Å². The van der Waals surface area contributed by atoms with E-state index in [0.29, 0.717) is 5.56 Å². The van der Waals surface area contributed by atoms with Crippen LogP contribution in [0.2, 0.25) is 0 Å². The number of hydrogen-bond donors (Lipinski definition) is 1. The van der Waals surface area contributed by atoms with Crippen LogP contribution in [0.3, 0.4) is 0 Å². The Kier molecular flexibility index (Phi) is 6.27. The van der Waals surface area contributed by atoms with Gasteiger partial charge in [-0.15, -0.1) is 11.8 Å². The summed E-state index contributed by atoms with van der Waals surface area (Å²) in [5.74, 6) is 0.722. The van der Waals surface area contributed by atoms with Crippen molar-refractivity contribution in [3.05, 3.63) is 63.9 Å². The van der Waals surface area contributed by atoms with Gasteiger partial charge in [0.25, 0.3) is 0 Å². The van der Waals surface area contributed by atoms with Crippen molar-refractivity contribution in [3.8, 4) is 0 Å². The Hall–Kier alpha value is -0.840. The number of nitrogens with one attached hydrogen (secondary N) is 1. The van der Waals surface area contributed by atoms with Gasteiger partial charge in [0.05, 0.1) is 0 Å². The van der Waals surface area contributed by atoms with Gasteiger partial charge in [0, 0.05) is 21.2 Å². The molecule has 1 atom stereocenters. The lowest BCUT2D eigenvalue weighted by Gasteiger charge is -2.19. The van der Waals surface area contributed by atoms with Crippen LogP contribution in [0.4, 0.5) is 4.39 Å². The smallest absolute Gasteiger partial charge is 0.126 e. The lowest BCUT2D eigenvalue weighted by molar-refractivity contribution is 0.585. The summed E-state index contributed by atoms with van der Waals surface area (Å²) in [7, 11) is 0. The topological polar surface area (TPSA) is 12.0 Å². The predicted molar refractivity (Wildman–Crippen MR) is 92.4 cm³/mol. The highest BCUT2D eigenvalue weighted by Crippen LogP contribution is 2.30. The van der Waals surface area contributed by atoms with E-state index in [9.17, 15) is 4.39 Å². The molecule has 4 heteroatoms. The third kappa shape index (κ3) is 4.56. The monoisotopic (exact) mass is 367 g/mol. The first kappa shape index (κ1) is 16.5. The van der Waals surface area contributed by atoms with Crippen LogP contribution in [-0.2, 0) is 0 Å². The molecule has 0 aliphatic heterocycles. The molecule has 1 N–H and O–H groups in total. The molecule has 0 saturated heterocycles. The number of rotatable bonds is 6.